The van der Waals surface area contributed by atoms with Gasteiger partial charge in [-0.3, -0.25) is 9.59 Å². The van der Waals surface area contributed by atoms with E-state index in [2.05, 4.69) is 11.4 Å². The maximum atomic E-state index is 13.4. The molecule has 0 aliphatic carbocycles. The smallest absolute Gasteiger partial charge is 0.242 e. The topological polar surface area (TPSA) is 68.3 Å². The SMILES string of the molecule is COCCN(CC(=O)N1CCc2sccc2[C@H]1COc1cccc(OC)c1)C(=O)C(C)C. The van der Waals surface area contributed by atoms with Crippen molar-refractivity contribution in [3.05, 3.63) is 46.2 Å². The van der Waals surface area contributed by atoms with Crippen molar-refractivity contribution in [2.24, 2.45) is 5.92 Å². The van der Waals surface area contributed by atoms with Crippen molar-refractivity contribution < 1.29 is 23.8 Å². The molecular weight excluding hydrogens is 428 g/mol. The van der Waals surface area contributed by atoms with Crippen LogP contribution in [-0.4, -0.2) is 68.7 Å². The second kappa shape index (κ2) is 11.3. The molecule has 0 fully saturated rings. The van der Waals surface area contributed by atoms with Gasteiger partial charge in [-0.05, 0) is 35.6 Å². The minimum absolute atomic E-state index is 0.0372. The third kappa shape index (κ3) is 5.81. The third-order valence-electron chi connectivity index (χ3n) is 5.56. The molecule has 0 bridgehead atoms. The van der Waals surface area contributed by atoms with Crippen LogP contribution in [0, 0.1) is 5.92 Å². The Balaban J connectivity index is 1.76. The second-order valence-corrected chi connectivity index (χ2v) is 9.05. The van der Waals surface area contributed by atoms with Gasteiger partial charge in [0.25, 0.3) is 0 Å². The van der Waals surface area contributed by atoms with Crippen molar-refractivity contribution in [1.29, 1.82) is 0 Å². The number of methoxy groups -OCH3 is 2. The Morgan fingerprint density at radius 1 is 1.22 bits per heavy atom. The fourth-order valence-electron chi connectivity index (χ4n) is 3.83. The lowest BCUT2D eigenvalue weighted by atomic mass is 10.0. The molecule has 1 aliphatic rings. The van der Waals surface area contributed by atoms with Gasteiger partial charge >= 0.3 is 0 Å². The van der Waals surface area contributed by atoms with Gasteiger partial charge in [-0.1, -0.05) is 19.9 Å². The zero-order chi connectivity index (χ0) is 23.1. The molecule has 3 rings (SSSR count). The molecule has 2 heterocycles. The average molecular weight is 461 g/mol. The van der Waals surface area contributed by atoms with Crippen molar-refractivity contribution in [1.82, 2.24) is 9.80 Å². The summed E-state index contributed by atoms with van der Waals surface area (Å²) in [5.41, 5.74) is 1.12. The van der Waals surface area contributed by atoms with Gasteiger partial charge < -0.3 is 24.0 Å². The van der Waals surface area contributed by atoms with E-state index in [1.807, 2.05) is 43.0 Å². The number of amides is 2. The largest absolute Gasteiger partial charge is 0.497 e. The number of carbonyl (C=O) groups excluding carboxylic acids is 2. The first-order chi connectivity index (χ1) is 15.4. The molecule has 0 saturated heterocycles. The summed E-state index contributed by atoms with van der Waals surface area (Å²) in [5.74, 6) is 1.10. The average Bonchev–Trinajstić information content (AvgIpc) is 3.28. The van der Waals surface area contributed by atoms with Crippen molar-refractivity contribution in [3.63, 3.8) is 0 Å². The molecule has 0 saturated carbocycles. The molecule has 7 nitrogen and oxygen atoms in total. The maximum Gasteiger partial charge on any atom is 0.242 e. The van der Waals surface area contributed by atoms with Gasteiger partial charge in [-0.2, -0.15) is 0 Å². The highest BCUT2D eigenvalue weighted by Gasteiger charge is 2.33. The summed E-state index contributed by atoms with van der Waals surface area (Å²) in [4.78, 5) is 30.7. The van der Waals surface area contributed by atoms with Gasteiger partial charge in [0.05, 0.1) is 26.3 Å². The highest BCUT2D eigenvalue weighted by molar-refractivity contribution is 7.10. The molecule has 1 atom stereocenters. The Bertz CT molecular complexity index is 913. The van der Waals surface area contributed by atoms with E-state index in [-0.39, 0.29) is 30.3 Å². The molecule has 0 unspecified atom stereocenters. The number of benzene rings is 1. The van der Waals surface area contributed by atoms with Crippen molar-refractivity contribution in [2.45, 2.75) is 26.3 Å². The normalized spacial score (nSPS) is 15.4. The van der Waals surface area contributed by atoms with E-state index >= 15 is 0 Å². The fourth-order valence-corrected chi connectivity index (χ4v) is 4.76. The molecule has 32 heavy (non-hydrogen) atoms. The lowest BCUT2D eigenvalue weighted by Gasteiger charge is -2.37. The fraction of sp³-hybridized carbons (Fsp3) is 0.500. The number of rotatable bonds is 10. The van der Waals surface area contributed by atoms with Crippen LogP contribution in [0.1, 0.15) is 30.3 Å². The van der Waals surface area contributed by atoms with E-state index in [9.17, 15) is 9.59 Å². The van der Waals surface area contributed by atoms with Crippen LogP contribution < -0.4 is 9.47 Å². The molecule has 1 aromatic carbocycles. The summed E-state index contributed by atoms with van der Waals surface area (Å²) in [6.07, 6.45) is 0.810. The molecule has 8 heteroatoms. The van der Waals surface area contributed by atoms with E-state index in [1.165, 1.54) is 4.88 Å². The number of carbonyl (C=O) groups is 2. The van der Waals surface area contributed by atoms with Crippen LogP contribution in [0.4, 0.5) is 0 Å². The lowest BCUT2D eigenvalue weighted by Crippen LogP contribution is -2.49. The highest BCUT2D eigenvalue weighted by Crippen LogP contribution is 2.34. The Morgan fingerprint density at radius 2 is 2.00 bits per heavy atom. The first-order valence-corrected chi connectivity index (χ1v) is 11.7. The van der Waals surface area contributed by atoms with Gasteiger partial charge in [0.15, 0.2) is 0 Å². The monoisotopic (exact) mass is 460 g/mol. The Morgan fingerprint density at radius 3 is 2.72 bits per heavy atom. The van der Waals surface area contributed by atoms with E-state index < -0.39 is 0 Å². The van der Waals surface area contributed by atoms with Gasteiger partial charge in [0.1, 0.15) is 18.1 Å². The number of nitrogens with zero attached hydrogens (tertiary/aromatic N) is 2. The Hall–Kier alpha value is -2.58. The number of hydrogen-bond donors (Lipinski definition) is 0. The third-order valence-corrected chi connectivity index (χ3v) is 6.56. The summed E-state index contributed by atoms with van der Waals surface area (Å²) < 4.78 is 16.5. The summed E-state index contributed by atoms with van der Waals surface area (Å²) in [7, 11) is 3.21. The first kappa shape index (κ1) is 24.1. The zero-order valence-electron chi connectivity index (χ0n) is 19.2. The van der Waals surface area contributed by atoms with Gasteiger partial charge in [-0.25, -0.2) is 0 Å². The maximum absolute atomic E-state index is 13.4. The quantitative estimate of drug-likeness (QED) is 0.544. The minimum Gasteiger partial charge on any atom is -0.497 e. The summed E-state index contributed by atoms with van der Waals surface area (Å²) >= 11 is 1.71. The van der Waals surface area contributed by atoms with Crippen LogP contribution in [0.25, 0.3) is 0 Å². The van der Waals surface area contributed by atoms with Crippen LogP contribution in [0.5, 0.6) is 11.5 Å². The minimum atomic E-state index is -0.206. The molecule has 2 amide bonds. The molecule has 1 aliphatic heterocycles. The number of thiophene rings is 1. The molecule has 0 radical (unpaired) electrons. The standard InChI is InChI=1S/C24H32N2O5S/c1-17(2)24(28)25(11-12-29-3)15-23(27)26-10-8-22-20(9-13-32-22)21(26)16-31-19-7-5-6-18(14-19)30-4/h5-7,9,13-14,17,21H,8,10-12,15-16H2,1-4H3/t21-/m1/s1. The summed E-state index contributed by atoms with van der Waals surface area (Å²) in [5, 5.41) is 2.06. The van der Waals surface area contributed by atoms with E-state index in [0.29, 0.717) is 32.1 Å². The highest BCUT2D eigenvalue weighted by atomic mass is 32.1. The van der Waals surface area contributed by atoms with Crippen LogP contribution in [0.2, 0.25) is 0 Å². The van der Waals surface area contributed by atoms with Crippen LogP contribution in [0.3, 0.4) is 0 Å². The number of ether oxygens (including phenoxy) is 3. The van der Waals surface area contributed by atoms with Gasteiger partial charge in [0.2, 0.25) is 11.8 Å². The Kier molecular flexibility index (Phi) is 8.53. The number of hydrogen-bond acceptors (Lipinski definition) is 6. The molecule has 1 aromatic heterocycles. The second-order valence-electron chi connectivity index (χ2n) is 8.05. The predicted octanol–water partition coefficient (Wildman–Crippen LogP) is 3.39. The number of fused-ring (bicyclic) bond motifs is 1. The van der Waals surface area contributed by atoms with Gasteiger partial charge in [-0.15, -0.1) is 11.3 Å². The lowest BCUT2D eigenvalue weighted by molar-refractivity contribution is -0.144. The van der Waals surface area contributed by atoms with Crippen molar-refractivity contribution in [2.75, 3.05) is 47.1 Å². The van der Waals surface area contributed by atoms with E-state index in [1.54, 1.807) is 30.5 Å². The van der Waals surface area contributed by atoms with Crippen LogP contribution in [-0.2, 0) is 20.7 Å². The molecule has 2 aromatic rings. The van der Waals surface area contributed by atoms with Crippen molar-refractivity contribution in [3.8, 4) is 11.5 Å². The van der Waals surface area contributed by atoms with E-state index in [4.69, 9.17) is 14.2 Å². The summed E-state index contributed by atoms with van der Waals surface area (Å²) in [6.45, 7) is 5.44. The predicted molar refractivity (Wildman–Crippen MR) is 124 cm³/mol. The first-order valence-electron chi connectivity index (χ1n) is 10.8. The van der Waals surface area contributed by atoms with E-state index in [0.717, 1.165) is 17.7 Å². The zero-order valence-corrected chi connectivity index (χ0v) is 20.0. The van der Waals surface area contributed by atoms with Crippen molar-refractivity contribution >= 4 is 23.2 Å². The van der Waals surface area contributed by atoms with Crippen LogP contribution >= 0.6 is 11.3 Å². The molecule has 174 valence electrons. The molecular formula is C24H32N2O5S. The summed E-state index contributed by atoms with van der Waals surface area (Å²) in [6, 6.07) is 9.31. The Labute approximate surface area is 193 Å². The molecule has 0 spiro atoms. The molecule has 0 N–H and O–H groups in total. The van der Waals surface area contributed by atoms with Crippen LogP contribution in [0.15, 0.2) is 35.7 Å². The van der Waals surface area contributed by atoms with Gasteiger partial charge in [0, 0.05) is 37.1 Å².